The van der Waals surface area contributed by atoms with Gasteiger partial charge in [0.25, 0.3) is 0 Å². The van der Waals surface area contributed by atoms with Crippen molar-refractivity contribution >= 4 is 5.97 Å². The molecule has 4 heteroatoms. The van der Waals surface area contributed by atoms with Crippen molar-refractivity contribution in [3.05, 3.63) is 58.7 Å². The van der Waals surface area contributed by atoms with Crippen molar-refractivity contribution in [3.63, 3.8) is 0 Å². The van der Waals surface area contributed by atoms with E-state index in [2.05, 4.69) is 0 Å². The second-order valence-electron chi connectivity index (χ2n) is 8.82. The van der Waals surface area contributed by atoms with Crippen molar-refractivity contribution < 1.29 is 20.1 Å². The number of aliphatic carboxylic acids is 1. The topological polar surface area (TPSA) is 77.8 Å². The normalized spacial score (nSPS) is 12.4. The maximum Gasteiger partial charge on any atom is 0.315 e. The Morgan fingerprint density at radius 1 is 0.769 bits per heavy atom. The predicted molar refractivity (Wildman–Crippen MR) is 103 cm³/mol. The molecule has 0 spiro atoms. The zero-order chi connectivity index (χ0) is 19.9. The van der Waals surface area contributed by atoms with Crippen LogP contribution in [-0.2, 0) is 15.6 Å². The second kappa shape index (κ2) is 6.67. The summed E-state index contributed by atoms with van der Waals surface area (Å²) in [6.45, 7) is 12.1. The lowest BCUT2D eigenvalue weighted by atomic mass is 9.80. The van der Waals surface area contributed by atoms with Crippen molar-refractivity contribution in [3.8, 4) is 11.5 Å². The number of rotatable bonds is 3. The monoisotopic (exact) mass is 356 g/mol. The zero-order valence-electron chi connectivity index (χ0n) is 16.3. The van der Waals surface area contributed by atoms with E-state index in [1.54, 1.807) is 24.3 Å². The Hall–Kier alpha value is -2.49. The molecule has 0 saturated heterocycles. The fourth-order valence-electron chi connectivity index (χ4n) is 2.94. The Kier molecular flexibility index (Phi) is 5.09. The summed E-state index contributed by atoms with van der Waals surface area (Å²) in [5, 5.41) is 30.6. The SMILES string of the molecule is CC(C)(C)c1ccc(O)c(C(C(=O)O)c2cc(C(C)(C)C)ccc2O)c1. The molecular weight excluding hydrogens is 328 g/mol. The summed E-state index contributed by atoms with van der Waals surface area (Å²) >= 11 is 0. The molecular formula is C22H28O4. The lowest BCUT2D eigenvalue weighted by molar-refractivity contribution is -0.137. The first kappa shape index (κ1) is 19.8. The molecule has 0 fully saturated rings. The summed E-state index contributed by atoms with van der Waals surface area (Å²) in [6, 6.07) is 10.1. The number of carboxylic acid groups (broad SMARTS) is 1. The van der Waals surface area contributed by atoms with Crippen LogP contribution in [-0.4, -0.2) is 21.3 Å². The van der Waals surface area contributed by atoms with Crippen LogP contribution in [0.5, 0.6) is 11.5 Å². The summed E-state index contributed by atoms with van der Waals surface area (Å²) in [7, 11) is 0. The van der Waals surface area contributed by atoms with Crippen LogP contribution in [0.15, 0.2) is 36.4 Å². The van der Waals surface area contributed by atoms with Gasteiger partial charge >= 0.3 is 5.97 Å². The highest BCUT2D eigenvalue weighted by Crippen LogP contribution is 2.40. The number of carbonyl (C=O) groups is 1. The zero-order valence-corrected chi connectivity index (χ0v) is 16.3. The largest absolute Gasteiger partial charge is 0.508 e. The van der Waals surface area contributed by atoms with Crippen molar-refractivity contribution in [2.75, 3.05) is 0 Å². The van der Waals surface area contributed by atoms with Crippen molar-refractivity contribution in [2.24, 2.45) is 0 Å². The van der Waals surface area contributed by atoms with E-state index >= 15 is 0 Å². The molecule has 2 rings (SSSR count). The number of phenols is 2. The molecule has 0 amide bonds. The Labute approximate surface area is 155 Å². The van der Waals surface area contributed by atoms with E-state index < -0.39 is 11.9 Å². The molecule has 0 radical (unpaired) electrons. The smallest absolute Gasteiger partial charge is 0.315 e. The third-order valence-corrected chi connectivity index (χ3v) is 4.66. The molecule has 2 aromatic carbocycles. The highest BCUT2D eigenvalue weighted by Gasteiger charge is 2.30. The highest BCUT2D eigenvalue weighted by molar-refractivity contribution is 5.82. The number of hydrogen-bond acceptors (Lipinski definition) is 3. The van der Waals surface area contributed by atoms with Gasteiger partial charge in [-0.05, 0) is 34.1 Å². The van der Waals surface area contributed by atoms with Gasteiger partial charge in [-0.25, -0.2) is 0 Å². The molecule has 0 aliphatic rings. The lowest BCUT2D eigenvalue weighted by Gasteiger charge is -2.24. The van der Waals surface area contributed by atoms with Crippen LogP contribution < -0.4 is 0 Å². The molecule has 2 aromatic rings. The van der Waals surface area contributed by atoms with Crippen molar-refractivity contribution in [2.45, 2.75) is 58.3 Å². The van der Waals surface area contributed by atoms with Crippen LogP contribution in [0.25, 0.3) is 0 Å². The summed E-state index contributed by atoms with van der Waals surface area (Å²) in [5.74, 6) is -2.45. The van der Waals surface area contributed by atoms with E-state index in [1.165, 1.54) is 12.1 Å². The summed E-state index contributed by atoms with van der Waals surface area (Å²) in [6.07, 6.45) is 0. The summed E-state index contributed by atoms with van der Waals surface area (Å²) < 4.78 is 0. The molecule has 0 atom stereocenters. The van der Waals surface area contributed by atoms with Crippen LogP contribution in [0.1, 0.15) is 69.7 Å². The van der Waals surface area contributed by atoms with Crippen LogP contribution in [0.4, 0.5) is 0 Å². The van der Waals surface area contributed by atoms with E-state index in [4.69, 9.17) is 0 Å². The maximum atomic E-state index is 12.1. The van der Waals surface area contributed by atoms with E-state index in [-0.39, 0.29) is 33.5 Å². The van der Waals surface area contributed by atoms with Crippen LogP contribution in [0.3, 0.4) is 0 Å². The second-order valence-corrected chi connectivity index (χ2v) is 8.82. The number of aromatic hydroxyl groups is 2. The third-order valence-electron chi connectivity index (χ3n) is 4.66. The maximum absolute atomic E-state index is 12.1. The minimum atomic E-state index is -1.15. The number of phenolic OH excluding ortho intramolecular Hbond substituents is 2. The molecule has 0 heterocycles. The van der Waals surface area contributed by atoms with Crippen LogP contribution in [0.2, 0.25) is 0 Å². The van der Waals surface area contributed by atoms with Gasteiger partial charge in [-0.2, -0.15) is 0 Å². The standard InChI is InChI=1S/C22H28O4/c1-21(2,3)13-7-9-17(23)15(11-13)19(20(25)26)16-12-14(22(4,5)6)8-10-18(16)24/h7-12,19,23-24H,1-6H3,(H,25,26). The number of hydrogen-bond donors (Lipinski definition) is 3. The molecule has 0 bridgehead atoms. The van der Waals surface area contributed by atoms with Gasteiger partial charge in [0.15, 0.2) is 0 Å². The fourth-order valence-corrected chi connectivity index (χ4v) is 2.94. The van der Waals surface area contributed by atoms with Crippen LogP contribution in [0, 0.1) is 0 Å². The van der Waals surface area contributed by atoms with Crippen molar-refractivity contribution in [1.82, 2.24) is 0 Å². The Morgan fingerprint density at radius 2 is 1.12 bits per heavy atom. The van der Waals surface area contributed by atoms with E-state index in [0.717, 1.165) is 11.1 Å². The molecule has 3 N–H and O–H groups in total. The van der Waals surface area contributed by atoms with Gasteiger partial charge in [0.2, 0.25) is 0 Å². The average Bonchev–Trinajstić information content (AvgIpc) is 2.48. The van der Waals surface area contributed by atoms with Gasteiger partial charge in [0, 0.05) is 11.1 Å². The molecule has 0 saturated carbocycles. The van der Waals surface area contributed by atoms with E-state index in [1.807, 2.05) is 41.5 Å². The van der Waals surface area contributed by atoms with Gasteiger partial charge in [-0.3, -0.25) is 4.79 Å². The van der Waals surface area contributed by atoms with Gasteiger partial charge < -0.3 is 15.3 Å². The molecule has 0 unspecified atom stereocenters. The van der Waals surface area contributed by atoms with Gasteiger partial charge in [-0.1, -0.05) is 65.8 Å². The molecule has 0 aliphatic carbocycles. The minimum absolute atomic E-state index is 0.0917. The average molecular weight is 356 g/mol. The molecule has 140 valence electrons. The fraction of sp³-hybridized carbons (Fsp3) is 0.409. The third kappa shape index (κ3) is 4.01. The van der Waals surface area contributed by atoms with E-state index in [9.17, 15) is 20.1 Å². The Balaban J connectivity index is 2.71. The molecule has 4 nitrogen and oxygen atoms in total. The van der Waals surface area contributed by atoms with Gasteiger partial charge in [-0.15, -0.1) is 0 Å². The minimum Gasteiger partial charge on any atom is -0.508 e. The van der Waals surface area contributed by atoms with Crippen LogP contribution >= 0.6 is 0 Å². The first-order valence-corrected chi connectivity index (χ1v) is 8.72. The van der Waals surface area contributed by atoms with Gasteiger partial charge in [0.05, 0.1) is 0 Å². The first-order valence-electron chi connectivity index (χ1n) is 8.72. The highest BCUT2D eigenvalue weighted by atomic mass is 16.4. The lowest BCUT2D eigenvalue weighted by Crippen LogP contribution is -2.18. The molecule has 0 aliphatic heterocycles. The Bertz CT molecular complexity index is 760. The summed E-state index contributed by atoms with van der Waals surface area (Å²) in [5.41, 5.74) is 2.02. The first-order chi connectivity index (χ1) is 11.8. The molecule has 26 heavy (non-hydrogen) atoms. The predicted octanol–water partition coefficient (Wildman–Crippen LogP) is 4.91. The van der Waals surface area contributed by atoms with E-state index in [0.29, 0.717) is 0 Å². The quantitative estimate of drug-likeness (QED) is 0.730. The number of benzene rings is 2. The molecule has 0 aromatic heterocycles. The van der Waals surface area contributed by atoms with Crippen molar-refractivity contribution in [1.29, 1.82) is 0 Å². The Morgan fingerprint density at radius 3 is 1.38 bits per heavy atom. The summed E-state index contributed by atoms with van der Waals surface area (Å²) in [4.78, 5) is 12.1. The van der Waals surface area contributed by atoms with Gasteiger partial charge in [0.1, 0.15) is 17.4 Å². The number of carboxylic acids is 1.